The van der Waals surface area contributed by atoms with Crippen molar-refractivity contribution < 1.29 is 9.53 Å². The fourth-order valence-corrected chi connectivity index (χ4v) is 2.40. The van der Waals surface area contributed by atoms with Crippen molar-refractivity contribution in [3.8, 4) is 11.8 Å². The minimum Gasteiger partial charge on any atom is -0.494 e. The van der Waals surface area contributed by atoms with Crippen molar-refractivity contribution in [1.29, 1.82) is 5.26 Å². The predicted molar refractivity (Wildman–Crippen MR) is 87.0 cm³/mol. The number of carbonyl (C=O) groups is 1. The van der Waals surface area contributed by atoms with Crippen LogP contribution in [0.1, 0.15) is 6.92 Å². The van der Waals surface area contributed by atoms with Crippen LogP contribution < -0.4 is 15.8 Å². The maximum absolute atomic E-state index is 12.1. The number of aromatic nitrogens is 3. The summed E-state index contributed by atoms with van der Waals surface area (Å²) in [5.41, 5.74) is 6.35. The molecule has 9 heteroatoms. The number of nitrogen functional groups attached to an aromatic ring is 1. The Balaban J connectivity index is 1.99. The van der Waals surface area contributed by atoms with Gasteiger partial charge < -0.3 is 15.8 Å². The van der Waals surface area contributed by atoms with Crippen molar-refractivity contribution in [2.24, 2.45) is 0 Å². The van der Waals surface area contributed by atoms with Gasteiger partial charge in [0.05, 0.1) is 18.4 Å². The summed E-state index contributed by atoms with van der Waals surface area (Å²) in [4.78, 5) is 12.1. The average Bonchev–Trinajstić information content (AvgIpc) is 2.88. The van der Waals surface area contributed by atoms with Gasteiger partial charge in [0, 0.05) is 5.69 Å². The third-order valence-corrected chi connectivity index (χ3v) is 3.60. The van der Waals surface area contributed by atoms with E-state index in [1.54, 1.807) is 24.3 Å². The van der Waals surface area contributed by atoms with E-state index < -0.39 is 0 Å². The summed E-state index contributed by atoms with van der Waals surface area (Å²) >= 11 is 1.18. The average molecular weight is 332 g/mol. The summed E-state index contributed by atoms with van der Waals surface area (Å²) in [6.07, 6.45) is 0. The van der Waals surface area contributed by atoms with Crippen molar-refractivity contribution in [3.05, 3.63) is 24.3 Å². The molecule has 0 saturated heterocycles. The van der Waals surface area contributed by atoms with Gasteiger partial charge in [-0.15, -0.1) is 10.2 Å². The zero-order valence-corrected chi connectivity index (χ0v) is 13.3. The molecule has 0 bridgehead atoms. The number of nitrogens with zero attached hydrogens (tertiary/aromatic N) is 4. The first-order valence-electron chi connectivity index (χ1n) is 6.85. The summed E-state index contributed by atoms with van der Waals surface area (Å²) in [6, 6.07) is 9.05. The molecule has 8 nitrogen and oxygen atoms in total. The molecule has 2 rings (SSSR count). The van der Waals surface area contributed by atoms with E-state index >= 15 is 0 Å². The van der Waals surface area contributed by atoms with Crippen LogP contribution in [0.15, 0.2) is 29.4 Å². The number of amides is 1. The van der Waals surface area contributed by atoms with E-state index in [1.165, 1.54) is 16.3 Å². The number of hydrogen-bond acceptors (Lipinski definition) is 7. The predicted octanol–water partition coefficient (Wildman–Crippen LogP) is 1.51. The highest BCUT2D eigenvalue weighted by Gasteiger charge is 2.13. The van der Waals surface area contributed by atoms with Crippen LogP contribution in [-0.4, -0.2) is 33.0 Å². The van der Waals surface area contributed by atoms with Gasteiger partial charge in [0.25, 0.3) is 0 Å². The van der Waals surface area contributed by atoms with E-state index in [1.807, 2.05) is 13.0 Å². The first-order valence-corrected chi connectivity index (χ1v) is 7.83. The molecule has 1 aromatic heterocycles. The van der Waals surface area contributed by atoms with Crippen LogP contribution in [0.3, 0.4) is 0 Å². The minimum absolute atomic E-state index is 0.0280. The summed E-state index contributed by atoms with van der Waals surface area (Å²) in [7, 11) is 0. The fraction of sp³-hybridized carbons (Fsp3) is 0.286. The second-order valence-corrected chi connectivity index (χ2v) is 5.32. The molecular formula is C14H16N6O2S. The molecule has 0 saturated carbocycles. The Morgan fingerprint density at radius 3 is 2.83 bits per heavy atom. The van der Waals surface area contributed by atoms with E-state index in [4.69, 9.17) is 15.7 Å². The number of benzene rings is 1. The number of nitrogens with two attached hydrogens (primary N) is 1. The number of anilines is 2. The van der Waals surface area contributed by atoms with E-state index in [9.17, 15) is 4.79 Å². The van der Waals surface area contributed by atoms with Gasteiger partial charge in [0.15, 0.2) is 5.16 Å². The number of hydrogen-bond donors (Lipinski definition) is 2. The van der Waals surface area contributed by atoms with Gasteiger partial charge in [0.1, 0.15) is 12.3 Å². The zero-order valence-electron chi connectivity index (χ0n) is 12.5. The molecule has 0 aliphatic rings. The van der Waals surface area contributed by atoms with Crippen LogP contribution in [0, 0.1) is 11.3 Å². The lowest BCUT2D eigenvalue weighted by Gasteiger charge is -2.09. The molecule has 23 heavy (non-hydrogen) atoms. The number of ether oxygens (including phenoxy) is 1. The van der Waals surface area contributed by atoms with Crippen LogP contribution in [0.2, 0.25) is 0 Å². The molecule has 0 spiro atoms. The number of carbonyl (C=O) groups excluding carboxylic acids is 1. The van der Waals surface area contributed by atoms with Gasteiger partial charge in [-0.05, 0) is 31.2 Å². The maximum atomic E-state index is 12.1. The summed E-state index contributed by atoms with van der Waals surface area (Å²) in [5, 5.41) is 19.4. The van der Waals surface area contributed by atoms with Crippen molar-refractivity contribution in [1.82, 2.24) is 14.8 Å². The van der Waals surface area contributed by atoms with E-state index in [-0.39, 0.29) is 24.2 Å². The van der Waals surface area contributed by atoms with E-state index in [2.05, 4.69) is 15.5 Å². The Hall–Kier alpha value is -2.73. The molecule has 0 unspecified atom stereocenters. The van der Waals surface area contributed by atoms with Gasteiger partial charge in [-0.2, -0.15) is 5.26 Å². The Kier molecular flexibility index (Phi) is 5.82. The first kappa shape index (κ1) is 16.6. The molecule has 0 atom stereocenters. The minimum atomic E-state index is -0.264. The summed E-state index contributed by atoms with van der Waals surface area (Å²) in [6.45, 7) is 2.46. The molecule has 0 aliphatic carbocycles. The Morgan fingerprint density at radius 2 is 2.17 bits per heavy atom. The van der Waals surface area contributed by atoms with E-state index in [0.29, 0.717) is 17.5 Å². The van der Waals surface area contributed by atoms with Crippen molar-refractivity contribution in [2.45, 2.75) is 18.6 Å². The first-order chi connectivity index (χ1) is 11.1. The Labute approximate surface area is 137 Å². The number of nitriles is 1. The van der Waals surface area contributed by atoms with Crippen molar-refractivity contribution >= 4 is 29.3 Å². The topological polar surface area (TPSA) is 119 Å². The third kappa shape index (κ3) is 4.62. The van der Waals surface area contributed by atoms with Crippen molar-refractivity contribution in [2.75, 3.05) is 23.4 Å². The lowest BCUT2D eigenvalue weighted by molar-refractivity contribution is -0.116. The van der Waals surface area contributed by atoms with Gasteiger partial charge in [-0.3, -0.25) is 9.36 Å². The SMILES string of the molecule is CCOc1ccc(NC(=O)Cn2c(N)nnc2SCC#N)cc1. The van der Waals surface area contributed by atoms with Crippen LogP contribution in [0.5, 0.6) is 5.75 Å². The van der Waals surface area contributed by atoms with E-state index in [0.717, 1.165) is 5.75 Å². The molecule has 0 aliphatic heterocycles. The smallest absolute Gasteiger partial charge is 0.244 e. The molecule has 0 fully saturated rings. The third-order valence-electron chi connectivity index (χ3n) is 2.76. The highest BCUT2D eigenvalue weighted by atomic mass is 32.2. The van der Waals surface area contributed by atoms with Crippen LogP contribution >= 0.6 is 11.8 Å². The largest absolute Gasteiger partial charge is 0.494 e. The zero-order chi connectivity index (χ0) is 16.7. The molecule has 1 amide bonds. The van der Waals surface area contributed by atoms with Crippen LogP contribution in [0.4, 0.5) is 11.6 Å². The second kappa shape index (κ2) is 8.05. The quantitative estimate of drug-likeness (QED) is 0.738. The number of rotatable bonds is 7. The second-order valence-electron chi connectivity index (χ2n) is 4.38. The Bertz CT molecular complexity index is 707. The highest BCUT2D eigenvalue weighted by molar-refractivity contribution is 7.99. The normalized spacial score (nSPS) is 10.1. The molecular weight excluding hydrogens is 316 g/mol. The van der Waals surface area contributed by atoms with Gasteiger partial charge >= 0.3 is 0 Å². The van der Waals surface area contributed by atoms with Crippen LogP contribution in [0.25, 0.3) is 0 Å². The maximum Gasteiger partial charge on any atom is 0.244 e. The number of thioether (sulfide) groups is 1. The molecule has 120 valence electrons. The van der Waals surface area contributed by atoms with Crippen molar-refractivity contribution in [3.63, 3.8) is 0 Å². The summed E-state index contributed by atoms with van der Waals surface area (Å²) < 4.78 is 6.81. The molecule has 2 aromatic rings. The molecule has 3 N–H and O–H groups in total. The Morgan fingerprint density at radius 1 is 1.43 bits per heavy atom. The molecule has 1 aromatic carbocycles. The number of nitrogens with one attached hydrogen (secondary N) is 1. The lowest BCUT2D eigenvalue weighted by atomic mass is 10.3. The van der Waals surface area contributed by atoms with Gasteiger partial charge in [0.2, 0.25) is 11.9 Å². The highest BCUT2D eigenvalue weighted by Crippen LogP contribution is 2.18. The standard InChI is InChI=1S/C14H16N6O2S/c1-2-22-11-5-3-10(4-6-11)17-12(21)9-20-13(16)18-19-14(20)23-8-7-15/h3-6H,2,8-9H2,1H3,(H2,16,18)(H,17,21). The summed E-state index contributed by atoms with van der Waals surface area (Å²) in [5.74, 6) is 0.814. The monoisotopic (exact) mass is 332 g/mol. The van der Waals surface area contributed by atoms with Gasteiger partial charge in [-0.25, -0.2) is 0 Å². The van der Waals surface area contributed by atoms with Crippen LogP contribution in [-0.2, 0) is 11.3 Å². The van der Waals surface area contributed by atoms with Gasteiger partial charge in [-0.1, -0.05) is 11.8 Å². The molecule has 0 radical (unpaired) electrons. The molecule has 1 heterocycles. The fourth-order valence-electron chi connectivity index (χ4n) is 1.80. The lowest BCUT2D eigenvalue weighted by Crippen LogP contribution is -2.20.